The standard InChI is InChI=1S/C23H20ClN5O3S2/c24-16-5-6-18-15(11-16)12-22(27-18)34(31,32)28-9-10-29(17(14-28)3-1-7-25)23(30)21-13-19-20(33-21)4-2-8-26-19/h2,4-6,8,11-13,17,27H,1,3,9-10,14H2. The Labute approximate surface area is 205 Å². The van der Waals surface area contributed by atoms with Gasteiger partial charge in [-0.15, -0.1) is 11.3 Å². The van der Waals surface area contributed by atoms with Gasteiger partial charge in [0.05, 0.1) is 21.2 Å². The van der Waals surface area contributed by atoms with E-state index in [0.29, 0.717) is 27.2 Å². The summed E-state index contributed by atoms with van der Waals surface area (Å²) in [7, 11) is -3.82. The molecule has 3 aromatic heterocycles. The molecule has 8 nitrogen and oxygen atoms in total. The molecule has 4 aromatic rings. The van der Waals surface area contributed by atoms with Crippen LogP contribution in [0.5, 0.6) is 0 Å². The second-order valence-electron chi connectivity index (χ2n) is 8.07. The number of hydrogen-bond donors (Lipinski definition) is 1. The number of sulfonamides is 1. The minimum Gasteiger partial charge on any atom is -0.345 e. The molecule has 4 heterocycles. The van der Waals surface area contributed by atoms with Gasteiger partial charge in [0.25, 0.3) is 15.9 Å². The number of H-pyrrole nitrogens is 1. The first-order valence-electron chi connectivity index (χ1n) is 10.7. The van der Waals surface area contributed by atoms with Crippen LogP contribution >= 0.6 is 22.9 Å². The van der Waals surface area contributed by atoms with Crippen LogP contribution in [0, 0.1) is 11.3 Å². The van der Waals surface area contributed by atoms with Gasteiger partial charge in [0.15, 0.2) is 0 Å². The van der Waals surface area contributed by atoms with E-state index >= 15 is 0 Å². The van der Waals surface area contributed by atoms with Crippen LogP contribution in [-0.2, 0) is 10.0 Å². The molecule has 1 atom stereocenters. The fourth-order valence-corrected chi connectivity index (χ4v) is 6.90. The molecule has 1 aromatic carbocycles. The highest BCUT2D eigenvalue weighted by Gasteiger charge is 2.37. The first-order valence-corrected chi connectivity index (χ1v) is 13.3. The van der Waals surface area contributed by atoms with Crippen LogP contribution in [0.2, 0.25) is 5.02 Å². The summed E-state index contributed by atoms with van der Waals surface area (Å²) in [6.45, 7) is 0.521. The number of rotatable bonds is 5. The maximum atomic E-state index is 13.4. The molecule has 1 N–H and O–H groups in total. The number of aromatic nitrogens is 2. The van der Waals surface area contributed by atoms with E-state index in [-0.39, 0.29) is 37.0 Å². The summed E-state index contributed by atoms with van der Waals surface area (Å²) in [5.41, 5.74) is 1.43. The van der Waals surface area contributed by atoms with Crippen molar-refractivity contribution in [1.82, 2.24) is 19.2 Å². The van der Waals surface area contributed by atoms with Gasteiger partial charge in [-0.2, -0.15) is 9.57 Å². The van der Waals surface area contributed by atoms with E-state index in [1.54, 1.807) is 41.4 Å². The third kappa shape index (κ3) is 4.16. The van der Waals surface area contributed by atoms with Gasteiger partial charge in [0.2, 0.25) is 0 Å². The maximum Gasteiger partial charge on any atom is 0.264 e. The van der Waals surface area contributed by atoms with Gasteiger partial charge in [-0.05, 0) is 48.9 Å². The molecule has 1 fully saturated rings. The molecule has 1 amide bonds. The lowest BCUT2D eigenvalue weighted by Crippen LogP contribution is -2.56. The summed E-state index contributed by atoms with van der Waals surface area (Å²) in [6.07, 6.45) is 2.29. The summed E-state index contributed by atoms with van der Waals surface area (Å²) in [6, 6.07) is 13.9. The number of nitrogens with one attached hydrogen (secondary N) is 1. The Morgan fingerprint density at radius 2 is 2.12 bits per heavy atom. The van der Waals surface area contributed by atoms with Gasteiger partial charge in [-0.3, -0.25) is 9.78 Å². The number of carbonyl (C=O) groups excluding carboxylic acids is 1. The van der Waals surface area contributed by atoms with E-state index in [4.69, 9.17) is 16.9 Å². The smallest absolute Gasteiger partial charge is 0.264 e. The van der Waals surface area contributed by atoms with E-state index in [1.165, 1.54) is 15.6 Å². The van der Waals surface area contributed by atoms with Crippen molar-refractivity contribution >= 4 is 60.0 Å². The fourth-order valence-electron chi connectivity index (χ4n) is 4.26. The lowest BCUT2D eigenvalue weighted by molar-refractivity contribution is 0.0558. The average molecular weight is 514 g/mol. The molecule has 0 spiro atoms. The monoisotopic (exact) mass is 513 g/mol. The Hall–Kier alpha value is -2.97. The Kier molecular flexibility index (Phi) is 6.04. The number of amides is 1. The Balaban J connectivity index is 1.41. The number of benzene rings is 1. The molecule has 174 valence electrons. The van der Waals surface area contributed by atoms with Crippen LogP contribution in [0.1, 0.15) is 22.5 Å². The van der Waals surface area contributed by atoms with Crippen molar-refractivity contribution in [3.63, 3.8) is 0 Å². The molecular formula is C23H20ClN5O3S2. The number of halogens is 1. The Morgan fingerprint density at radius 3 is 2.91 bits per heavy atom. The molecule has 1 aliphatic rings. The normalized spacial score (nSPS) is 17.3. The summed E-state index contributed by atoms with van der Waals surface area (Å²) >= 11 is 7.41. The number of pyridine rings is 1. The predicted octanol–water partition coefficient (Wildman–Crippen LogP) is 4.25. The van der Waals surface area contributed by atoms with Crippen molar-refractivity contribution < 1.29 is 13.2 Å². The molecule has 0 radical (unpaired) electrons. The first kappa shape index (κ1) is 22.8. The average Bonchev–Trinajstić information content (AvgIpc) is 3.46. The molecule has 0 aliphatic carbocycles. The highest BCUT2D eigenvalue weighted by Crippen LogP contribution is 2.29. The van der Waals surface area contributed by atoms with E-state index in [0.717, 1.165) is 10.2 Å². The second kappa shape index (κ2) is 9.00. The van der Waals surface area contributed by atoms with E-state index in [9.17, 15) is 13.2 Å². The molecular weight excluding hydrogens is 494 g/mol. The second-order valence-corrected chi connectivity index (χ2v) is 11.5. The lowest BCUT2D eigenvalue weighted by atomic mass is 10.1. The third-order valence-corrected chi connectivity index (χ3v) is 9.07. The maximum absolute atomic E-state index is 13.4. The van der Waals surface area contributed by atoms with Crippen molar-refractivity contribution in [2.75, 3.05) is 19.6 Å². The summed E-state index contributed by atoms with van der Waals surface area (Å²) in [5.74, 6) is -0.164. The van der Waals surface area contributed by atoms with Gasteiger partial charge < -0.3 is 9.88 Å². The molecule has 11 heteroatoms. The minimum atomic E-state index is -3.82. The zero-order valence-electron chi connectivity index (χ0n) is 17.9. The van der Waals surface area contributed by atoms with Crippen LogP contribution < -0.4 is 0 Å². The minimum absolute atomic E-state index is 0.0826. The fraction of sp³-hybridized carbons (Fsp3) is 0.261. The SMILES string of the molecule is N#CCCC1CN(S(=O)(=O)c2cc3cc(Cl)ccc3[nH]2)CCN1C(=O)c1cc2ncccc2s1. The van der Waals surface area contributed by atoms with Crippen LogP contribution in [0.4, 0.5) is 0 Å². The van der Waals surface area contributed by atoms with Gasteiger partial charge in [-0.25, -0.2) is 8.42 Å². The molecule has 1 saturated heterocycles. The zero-order chi connectivity index (χ0) is 23.9. The first-order chi connectivity index (χ1) is 16.4. The highest BCUT2D eigenvalue weighted by molar-refractivity contribution is 7.89. The molecule has 1 aliphatic heterocycles. The molecule has 1 unspecified atom stereocenters. The lowest BCUT2D eigenvalue weighted by Gasteiger charge is -2.40. The number of thiophene rings is 1. The number of nitriles is 1. The zero-order valence-corrected chi connectivity index (χ0v) is 20.3. The molecule has 0 saturated carbocycles. The largest absolute Gasteiger partial charge is 0.345 e. The Bertz CT molecular complexity index is 1510. The summed E-state index contributed by atoms with van der Waals surface area (Å²) in [5, 5.41) is 10.4. The number of carbonyl (C=O) groups is 1. The van der Waals surface area contributed by atoms with Crippen molar-refractivity contribution in [3.8, 4) is 6.07 Å². The van der Waals surface area contributed by atoms with Crippen LogP contribution in [0.15, 0.2) is 53.7 Å². The Morgan fingerprint density at radius 1 is 1.26 bits per heavy atom. The summed E-state index contributed by atoms with van der Waals surface area (Å²) < 4.78 is 29.1. The topological polar surface area (TPSA) is 110 Å². The number of aromatic amines is 1. The van der Waals surface area contributed by atoms with Crippen molar-refractivity contribution in [3.05, 3.63) is 58.6 Å². The molecule has 5 rings (SSSR count). The van der Waals surface area contributed by atoms with Crippen LogP contribution in [-0.4, -0.2) is 59.2 Å². The predicted molar refractivity (Wildman–Crippen MR) is 131 cm³/mol. The number of nitrogens with zero attached hydrogens (tertiary/aromatic N) is 4. The van der Waals surface area contributed by atoms with Crippen molar-refractivity contribution in [1.29, 1.82) is 5.26 Å². The van der Waals surface area contributed by atoms with Crippen LogP contribution in [0.25, 0.3) is 21.1 Å². The van der Waals surface area contributed by atoms with Crippen molar-refractivity contribution in [2.45, 2.75) is 23.9 Å². The van der Waals surface area contributed by atoms with Gasteiger partial charge in [-0.1, -0.05) is 11.6 Å². The quantitative estimate of drug-likeness (QED) is 0.429. The number of fused-ring (bicyclic) bond motifs is 2. The van der Waals surface area contributed by atoms with E-state index < -0.39 is 16.1 Å². The van der Waals surface area contributed by atoms with Gasteiger partial charge in [0.1, 0.15) is 5.03 Å². The third-order valence-electron chi connectivity index (χ3n) is 5.97. The van der Waals surface area contributed by atoms with Crippen LogP contribution in [0.3, 0.4) is 0 Å². The number of piperazine rings is 1. The van der Waals surface area contributed by atoms with Crippen molar-refractivity contribution in [2.24, 2.45) is 0 Å². The molecule has 34 heavy (non-hydrogen) atoms. The molecule has 0 bridgehead atoms. The van der Waals surface area contributed by atoms with Gasteiger partial charge in [0, 0.05) is 54.2 Å². The summed E-state index contributed by atoms with van der Waals surface area (Å²) in [4.78, 5) is 22.9. The van der Waals surface area contributed by atoms with E-state index in [2.05, 4.69) is 16.0 Å². The van der Waals surface area contributed by atoms with Gasteiger partial charge >= 0.3 is 0 Å². The van der Waals surface area contributed by atoms with E-state index in [1.807, 2.05) is 12.1 Å². The highest BCUT2D eigenvalue weighted by atomic mass is 35.5. The number of hydrogen-bond acceptors (Lipinski definition) is 6.